The minimum Gasteiger partial charge on any atom is -0.497 e. The van der Waals surface area contributed by atoms with Gasteiger partial charge in [-0.25, -0.2) is 4.98 Å². The Hall–Kier alpha value is -2.56. The molecule has 3 N–H and O–H groups in total. The van der Waals surface area contributed by atoms with Gasteiger partial charge in [0.25, 0.3) is 0 Å². The zero-order chi connectivity index (χ0) is 16.5. The highest BCUT2D eigenvalue weighted by molar-refractivity contribution is 5.90. The lowest BCUT2D eigenvalue weighted by Gasteiger charge is -2.06. The summed E-state index contributed by atoms with van der Waals surface area (Å²) in [4.78, 5) is 15.8. The van der Waals surface area contributed by atoms with Crippen LogP contribution in [0.2, 0.25) is 0 Å². The molecule has 1 aromatic heterocycles. The van der Waals surface area contributed by atoms with E-state index in [1.807, 2.05) is 12.1 Å². The molecule has 0 unspecified atom stereocenters. The number of nitrogens with zero attached hydrogens (tertiary/aromatic N) is 1. The van der Waals surface area contributed by atoms with Gasteiger partial charge in [0.05, 0.1) is 19.0 Å². The summed E-state index contributed by atoms with van der Waals surface area (Å²) in [6, 6.07) is 11.5. The number of nitrogen functional groups attached to an aromatic ring is 1. The van der Waals surface area contributed by atoms with Gasteiger partial charge in [-0.2, -0.15) is 0 Å². The van der Waals surface area contributed by atoms with Crippen LogP contribution in [-0.2, 0) is 11.2 Å². The Morgan fingerprint density at radius 3 is 2.57 bits per heavy atom. The minimum absolute atomic E-state index is 0.0148. The molecule has 0 aliphatic rings. The molecule has 122 valence electrons. The van der Waals surface area contributed by atoms with Crippen LogP contribution in [-0.4, -0.2) is 18.0 Å². The number of carbonyl (C=O) groups is 1. The number of ether oxygens (including phenoxy) is 1. The number of hydrogen-bond donors (Lipinski definition) is 2. The topological polar surface area (TPSA) is 77.2 Å². The van der Waals surface area contributed by atoms with Crippen LogP contribution in [0.1, 0.15) is 31.2 Å². The zero-order valence-corrected chi connectivity index (χ0v) is 13.4. The van der Waals surface area contributed by atoms with Crippen LogP contribution in [0.5, 0.6) is 5.75 Å². The molecule has 1 aromatic carbocycles. The van der Waals surface area contributed by atoms with Crippen LogP contribution in [0, 0.1) is 0 Å². The van der Waals surface area contributed by atoms with E-state index in [-0.39, 0.29) is 5.91 Å². The number of nitrogens with one attached hydrogen (secondary N) is 1. The number of methoxy groups -OCH3 is 1. The summed E-state index contributed by atoms with van der Waals surface area (Å²) in [5, 5.41) is 2.82. The highest BCUT2D eigenvalue weighted by Gasteiger charge is 2.03. The van der Waals surface area contributed by atoms with Gasteiger partial charge in [-0.1, -0.05) is 18.6 Å². The quantitative estimate of drug-likeness (QED) is 0.732. The third-order valence-electron chi connectivity index (χ3n) is 3.60. The zero-order valence-electron chi connectivity index (χ0n) is 13.4. The Morgan fingerprint density at radius 1 is 1.13 bits per heavy atom. The third-order valence-corrected chi connectivity index (χ3v) is 3.60. The van der Waals surface area contributed by atoms with Crippen molar-refractivity contribution < 1.29 is 9.53 Å². The van der Waals surface area contributed by atoms with E-state index in [4.69, 9.17) is 10.5 Å². The van der Waals surface area contributed by atoms with Crippen molar-refractivity contribution in [3.05, 3.63) is 48.2 Å². The summed E-state index contributed by atoms with van der Waals surface area (Å²) in [5.74, 6) is 1.34. The fraction of sp³-hybridized carbons (Fsp3) is 0.333. The Kier molecular flexibility index (Phi) is 6.41. The number of amides is 1. The molecule has 0 saturated heterocycles. The first-order valence-corrected chi connectivity index (χ1v) is 7.81. The van der Waals surface area contributed by atoms with Crippen molar-refractivity contribution >= 4 is 17.4 Å². The maximum Gasteiger partial charge on any atom is 0.224 e. The van der Waals surface area contributed by atoms with Gasteiger partial charge in [-0.05, 0) is 49.1 Å². The fourth-order valence-corrected chi connectivity index (χ4v) is 2.29. The molecule has 2 aromatic rings. The normalized spacial score (nSPS) is 10.3. The highest BCUT2D eigenvalue weighted by Crippen LogP contribution is 2.14. The molecule has 23 heavy (non-hydrogen) atoms. The van der Waals surface area contributed by atoms with Crippen molar-refractivity contribution in [3.63, 3.8) is 0 Å². The van der Waals surface area contributed by atoms with E-state index >= 15 is 0 Å². The Morgan fingerprint density at radius 2 is 1.91 bits per heavy atom. The number of benzene rings is 1. The maximum absolute atomic E-state index is 11.8. The molecule has 2 rings (SSSR count). The average molecular weight is 313 g/mol. The number of aromatic nitrogens is 1. The van der Waals surface area contributed by atoms with Crippen LogP contribution in [0.25, 0.3) is 0 Å². The van der Waals surface area contributed by atoms with Crippen molar-refractivity contribution in [2.75, 3.05) is 18.2 Å². The van der Waals surface area contributed by atoms with Crippen molar-refractivity contribution in [1.29, 1.82) is 0 Å². The maximum atomic E-state index is 11.8. The summed E-state index contributed by atoms with van der Waals surface area (Å²) < 4.78 is 5.14. The third kappa shape index (κ3) is 5.98. The summed E-state index contributed by atoms with van der Waals surface area (Å²) in [6.07, 6.45) is 6.09. The molecule has 0 saturated carbocycles. The first kappa shape index (κ1) is 16.8. The van der Waals surface area contributed by atoms with Gasteiger partial charge in [0, 0.05) is 6.42 Å². The van der Waals surface area contributed by atoms with Crippen LogP contribution in [0.3, 0.4) is 0 Å². The highest BCUT2D eigenvalue weighted by atomic mass is 16.5. The molecule has 0 bridgehead atoms. The molecule has 5 heteroatoms. The minimum atomic E-state index is 0.0148. The number of hydrogen-bond acceptors (Lipinski definition) is 4. The molecule has 1 heterocycles. The average Bonchev–Trinajstić information content (AvgIpc) is 2.57. The second kappa shape index (κ2) is 8.78. The SMILES string of the molecule is COc1ccc(CCCCCC(=O)Nc2ccc(N)nc2)cc1. The number of carbonyl (C=O) groups excluding carboxylic acids is 1. The number of anilines is 2. The summed E-state index contributed by atoms with van der Waals surface area (Å²) in [5.41, 5.74) is 7.48. The van der Waals surface area contributed by atoms with Crippen molar-refractivity contribution in [1.82, 2.24) is 4.98 Å². The van der Waals surface area contributed by atoms with Gasteiger partial charge in [0.1, 0.15) is 11.6 Å². The number of pyridine rings is 1. The predicted octanol–water partition coefficient (Wildman–Crippen LogP) is 3.41. The van der Waals surface area contributed by atoms with E-state index < -0.39 is 0 Å². The van der Waals surface area contributed by atoms with Gasteiger partial charge in [0.2, 0.25) is 5.91 Å². The molecule has 1 amide bonds. The lowest BCUT2D eigenvalue weighted by atomic mass is 10.1. The Labute approximate surface area is 136 Å². The molecule has 0 radical (unpaired) electrons. The number of aryl methyl sites for hydroxylation is 1. The van der Waals surface area contributed by atoms with Gasteiger partial charge in [-0.15, -0.1) is 0 Å². The Bertz CT molecular complexity index is 609. The summed E-state index contributed by atoms with van der Waals surface area (Å²) in [7, 11) is 1.67. The van der Waals surface area contributed by atoms with Gasteiger partial charge < -0.3 is 15.8 Å². The number of rotatable bonds is 8. The van der Waals surface area contributed by atoms with Gasteiger partial charge >= 0.3 is 0 Å². The van der Waals surface area contributed by atoms with Gasteiger partial charge in [0.15, 0.2) is 0 Å². The Balaban J connectivity index is 1.61. The molecule has 0 spiro atoms. The van der Waals surface area contributed by atoms with Crippen LogP contribution < -0.4 is 15.8 Å². The standard InChI is InChI=1S/C18H23N3O2/c1-23-16-10-7-14(8-11-16)5-3-2-4-6-18(22)21-15-9-12-17(19)20-13-15/h7-13H,2-6H2,1H3,(H2,19,20)(H,21,22). The van der Waals surface area contributed by atoms with Crippen molar-refractivity contribution in [3.8, 4) is 5.75 Å². The molecular weight excluding hydrogens is 290 g/mol. The number of nitrogens with two attached hydrogens (primary N) is 1. The van der Waals surface area contributed by atoms with Crippen LogP contribution >= 0.6 is 0 Å². The van der Waals surface area contributed by atoms with E-state index in [0.29, 0.717) is 17.9 Å². The van der Waals surface area contributed by atoms with Crippen molar-refractivity contribution in [2.45, 2.75) is 32.1 Å². The lowest BCUT2D eigenvalue weighted by Crippen LogP contribution is -2.11. The largest absolute Gasteiger partial charge is 0.497 e. The molecule has 5 nitrogen and oxygen atoms in total. The van der Waals surface area contributed by atoms with E-state index in [2.05, 4.69) is 22.4 Å². The smallest absolute Gasteiger partial charge is 0.224 e. The van der Waals surface area contributed by atoms with Crippen LogP contribution in [0.4, 0.5) is 11.5 Å². The van der Waals surface area contributed by atoms with E-state index in [1.165, 1.54) is 5.56 Å². The first-order chi connectivity index (χ1) is 11.2. The molecule has 0 fully saturated rings. The predicted molar refractivity (Wildman–Crippen MR) is 92.4 cm³/mol. The monoisotopic (exact) mass is 313 g/mol. The molecular formula is C18H23N3O2. The van der Waals surface area contributed by atoms with Gasteiger partial charge in [-0.3, -0.25) is 4.79 Å². The van der Waals surface area contributed by atoms with E-state index in [9.17, 15) is 4.79 Å². The summed E-state index contributed by atoms with van der Waals surface area (Å²) >= 11 is 0. The molecule has 0 aliphatic carbocycles. The second-order valence-corrected chi connectivity index (χ2v) is 5.43. The first-order valence-electron chi connectivity index (χ1n) is 7.81. The van der Waals surface area contributed by atoms with E-state index in [0.717, 1.165) is 31.4 Å². The van der Waals surface area contributed by atoms with Crippen LogP contribution in [0.15, 0.2) is 42.6 Å². The van der Waals surface area contributed by atoms with Crippen molar-refractivity contribution in [2.24, 2.45) is 0 Å². The molecule has 0 atom stereocenters. The fourth-order valence-electron chi connectivity index (χ4n) is 2.29. The lowest BCUT2D eigenvalue weighted by molar-refractivity contribution is -0.116. The second-order valence-electron chi connectivity index (χ2n) is 5.43. The number of unbranched alkanes of at least 4 members (excludes halogenated alkanes) is 2. The molecule has 0 aliphatic heterocycles. The summed E-state index contributed by atoms with van der Waals surface area (Å²) in [6.45, 7) is 0. The van der Waals surface area contributed by atoms with E-state index in [1.54, 1.807) is 25.4 Å².